The number of para-hydroxylation sites is 1. The molecule has 0 fully saturated rings. The van der Waals surface area contributed by atoms with Crippen molar-refractivity contribution in [2.45, 2.75) is 0 Å². The van der Waals surface area contributed by atoms with Gasteiger partial charge in [0.25, 0.3) is 0 Å². The van der Waals surface area contributed by atoms with Crippen molar-refractivity contribution in [3.05, 3.63) is 54.6 Å². The van der Waals surface area contributed by atoms with Crippen molar-refractivity contribution in [1.82, 2.24) is 10.2 Å². The predicted octanol–water partition coefficient (Wildman–Crippen LogP) is 3.65. The highest BCUT2D eigenvalue weighted by molar-refractivity contribution is 5.92. The smallest absolute Gasteiger partial charge is 0.0999 e. The zero-order chi connectivity index (χ0) is 10.1. The number of H-pyrrole nitrogens is 1. The van der Waals surface area contributed by atoms with Crippen LogP contribution in [-0.4, -0.2) is 10.2 Å². The van der Waals surface area contributed by atoms with Gasteiger partial charge in [-0.15, -0.1) is 12.4 Å². The second kappa shape index (κ2) is 4.37. The van der Waals surface area contributed by atoms with Crippen molar-refractivity contribution < 1.29 is 0 Å². The molecule has 0 spiro atoms. The first-order chi connectivity index (χ1) is 7.45. The Morgan fingerprint density at radius 3 is 2.31 bits per heavy atom. The zero-order valence-corrected chi connectivity index (χ0v) is 9.37. The van der Waals surface area contributed by atoms with E-state index in [1.54, 1.807) is 0 Å². The molecule has 2 nitrogen and oxygen atoms in total. The van der Waals surface area contributed by atoms with Crippen molar-refractivity contribution in [1.29, 1.82) is 0 Å². The van der Waals surface area contributed by atoms with Gasteiger partial charge in [-0.2, -0.15) is 5.10 Å². The third-order valence-corrected chi connectivity index (χ3v) is 2.52. The largest absolute Gasteiger partial charge is 0.277 e. The first-order valence-electron chi connectivity index (χ1n) is 4.94. The molecule has 0 atom stereocenters. The molecular weight excluding hydrogens is 220 g/mol. The maximum absolute atomic E-state index is 4.34. The summed E-state index contributed by atoms with van der Waals surface area (Å²) >= 11 is 0. The Kier molecular flexibility index (Phi) is 2.93. The molecule has 1 aromatic heterocycles. The number of nitrogens with one attached hydrogen (secondary N) is 1. The third-order valence-electron chi connectivity index (χ3n) is 2.52. The van der Waals surface area contributed by atoms with E-state index in [4.69, 9.17) is 0 Å². The Hall–Kier alpha value is -1.80. The standard InChI is InChI=1S/C13H10N2.ClH/c1-2-6-10(7-3-1)13-11-8-4-5-9-12(11)14-15-13;/h1-9H,(H,14,15);1H. The zero-order valence-electron chi connectivity index (χ0n) is 8.55. The van der Waals surface area contributed by atoms with E-state index in [2.05, 4.69) is 28.4 Å². The molecule has 2 aromatic carbocycles. The molecule has 3 rings (SSSR count). The van der Waals surface area contributed by atoms with Crippen LogP contribution in [0.3, 0.4) is 0 Å². The molecular formula is C13H11ClN2. The van der Waals surface area contributed by atoms with Gasteiger partial charge in [-0.1, -0.05) is 48.5 Å². The Morgan fingerprint density at radius 1 is 0.812 bits per heavy atom. The Bertz CT molecular complexity index is 587. The molecule has 0 amide bonds. The van der Waals surface area contributed by atoms with Gasteiger partial charge >= 0.3 is 0 Å². The van der Waals surface area contributed by atoms with Gasteiger partial charge < -0.3 is 0 Å². The van der Waals surface area contributed by atoms with Gasteiger partial charge in [0.1, 0.15) is 0 Å². The first kappa shape index (κ1) is 10.7. The van der Waals surface area contributed by atoms with Gasteiger partial charge in [0.2, 0.25) is 0 Å². The highest BCUT2D eigenvalue weighted by Crippen LogP contribution is 2.25. The summed E-state index contributed by atoms with van der Waals surface area (Å²) in [5.41, 5.74) is 3.25. The number of rotatable bonds is 1. The van der Waals surface area contributed by atoms with E-state index in [1.807, 2.05) is 36.4 Å². The van der Waals surface area contributed by atoms with Crippen molar-refractivity contribution in [3.8, 4) is 11.3 Å². The molecule has 0 radical (unpaired) electrons. The quantitative estimate of drug-likeness (QED) is 0.679. The predicted molar refractivity (Wildman–Crippen MR) is 68.8 cm³/mol. The van der Waals surface area contributed by atoms with Crippen LogP contribution >= 0.6 is 12.4 Å². The molecule has 1 N–H and O–H groups in total. The summed E-state index contributed by atoms with van der Waals surface area (Å²) in [5.74, 6) is 0. The lowest BCUT2D eigenvalue weighted by Crippen LogP contribution is -1.76. The molecule has 1 heterocycles. The summed E-state index contributed by atoms with van der Waals surface area (Å²) in [6, 6.07) is 18.4. The van der Waals surface area contributed by atoms with Gasteiger partial charge in [0, 0.05) is 10.9 Å². The maximum Gasteiger partial charge on any atom is 0.0999 e. The summed E-state index contributed by atoms with van der Waals surface area (Å²) in [4.78, 5) is 0. The van der Waals surface area contributed by atoms with E-state index in [0.717, 1.165) is 16.8 Å². The van der Waals surface area contributed by atoms with E-state index in [-0.39, 0.29) is 12.4 Å². The minimum atomic E-state index is 0. The fraction of sp³-hybridized carbons (Fsp3) is 0. The fourth-order valence-electron chi connectivity index (χ4n) is 1.78. The lowest BCUT2D eigenvalue weighted by Gasteiger charge is -1.95. The molecule has 3 heteroatoms. The number of nitrogens with zero attached hydrogens (tertiary/aromatic N) is 1. The minimum absolute atomic E-state index is 0. The number of benzene rings is 2. The molecule has 0 aliphatic rings. The second-order valence-electron chi connectivity index (χ2n) is 3.48. The van der Waals surface area contributed by atoms with Crippen LogP contribution in [0.25, 0.3) is 22.2 Å². The average molecular weight is 231 g/mol. The molecule has 3 aromatic rings. The highest BCUT2D eigenvalue weighted by Gasteiger charge is 2.05. The van der Waals surface area contributed by atoms with Crippen LogP contribution in [0.2, 0.25) is 0 Å². The fourth-order valence-corrected chi connectivity index (χ4v) is 1.78. The van der Waals surface area contributed by atoms with Gasteiger partial charge in [-0.05, 0) is 6.07 Å². The molecule has 0 unspecified atom stereocenters. The Labute approximate surface area is 99.7 Å². The maximum atomic E-state index is 4.34. The number of hydrogen-bond donors (Lipinski definition) is 1. The van der Waals surface area contributed by atoms with Crippen LogP contribution in [0.1, 0.15) is 0 Å². The van der Waals surface area contributed by atoms with Crippen molar-refractivity contribution in [3.63, 3.8) is 0 Å². The minimum Gasteiger partial charge on any atom is -0.277 e. The average Bonchev–Trinajstić information content (AvgIpc) is 2.74. The van der Waals surface area contributed by atoms with Crippen molar-refractivity contribution in [2.75, 3.05) is 0 Å². The summed E-state index contributed by atoms with van der Waals surface area (Å²) in [7, 11) is 0. The van der Waals surface area contributed by atoms with E-state index >= 15 is 0 Å². The molecule has 0 saturated heterocycles. The topological polar surface area (TPSA) is 28.7 Å². The lowest BCUT2D eigenvalue weighted by molar-refractivity contribution is 1.12. The first-order valence-corrected chi connectivity index (χ1v) is 4.94. The molecule has 16 heavy (non-hydrogen) atoms. The van der Waals surface area contributed by atoms with E-state index in [0.29, 0.717) is 0 Å². The van der Waals surface area contributed by atoms with Crippen LogP contribution in [0, 0.1) is 0 Å². The second-order valence-corrected chi connectivity index (χ2v) is 3.48. The van der Waals surface area contributed by atoms with E-state index < -0.39 is 0 Å². The lowest BCUT2D eigenvalue weighted by atomic mass is 10.1. The van der Waals surface area contributed by atoms with Gasteiger partial charge in [-0.3, -0.25) is 5.10 Å². The van der Waals surface area contributed by atoms with Crippen LogP contribution in [0.15, 0.2) is 54.6 Å². The highest BCUT2D eigenvalue weighted by atomic mass is 35.5. The summed E-state index contributed by atoms with van der Waals surface area (Å²) in [5, 5.41) is 8.55. The normalized spacial score (nSPS) is 10.0. The number of fused-ring (bicyclic) bond motifs is 1. The molecule has 0 aliphatic heterocycles. The van der Waals surface area contributed by atoms with Crippen LogP contribution < -0.4 is 0 Å². The van der Waals surface area contributed by atoms with Gasteiger partial charge in [0.15, 0.2) is 0 Å². The molecule has 0 aliphatic carbocycles. The van der Waals surface area contributed by atoms with Crippen molar-refractivity contribution >= 4 is 23.3 Å². The summed E-state index contributed by atoms with van der Waals surface area (Å²) in [6.45, 7) is 0. The van der Waals surface area contributed by atoms with Crippen LogP contribution in [-0.2, 0) is 0 Å². The third kappa shape index (κ3) is 1.68. The number of aromatic nitrogens is 2. The van der Waals surface area contributed by atoms with Crippen LogP contribution in [0.5, 0.6) is 0 Å². The molecule has 0 bridgehead atoms. The van der Waals surface area contributed by atoms with Crippen LogP contribution in [0.4, 0.5) is 0 Å². The molecule has 0 saturated carbocycles. The monoisotopic (exact) mass is 230 g/mol. The van der Waals surface area contributed by atoms with E-state index in [9.17, 15) is 0 Å². The summed E-state index contributed by atoms with van der Waals surface area (Å²) < 4.78 is 0. The Morgan fingerprint density at radius 2 is 1.50 bits per heavy atom. The summed E-state index contributed by atoms with van der Waals surface area (Å²) in [6.07, 6.45) is 0. The number of hydrogen-bond acceptors (Lipinski definition) is 1. The molecule has 80 valence electrons. The number of halogens is 1. The van der Waals surface area contributed by atoms with Gasteiger partial charge in [-0.25, -0.2) is 0 Å². The number of aromatic amines is 1. The van der Waals surface area contributed by atoms with Crippen molar-refractivity contribution in [2.24, 2.45) is 0 Å². The SMILES string of the molecule is Cl.c1ccc(-c2n[nH]c3ccccc23)cc1. The van der Waals surface area contributed by atoms with Gasteiger partial charge in [0.05, 0.1) is 11.2 Å². The Balaban J connectivity index is 0.000000963. The van der Waals surface area contributed by atoms with E-state index in [1.165, 1.54) is 5.39 Å².